The van der Waals surface area contributed by atoms with Crippen LogP contribution in [0.3, 0.4) is 0 Å². The molecule has 1 unspecified atom stereocenters. The van der Waals surface area contributed by atoms with Gasteiger partial charge in [0.05, 0.1) is 17.9 Å². The first-order chi connectivity index (χ1) is 18.4. The molecule has 8 heteroatoms. The Morgan fingerprint density at radius 2 is 1.79 bits per heavy atom. The third-order valence-corrected chi connectivity index (χ3v) is 7.22. The number of amides is 2. The van der Waals surface area contributed by atoms with E-state index in [2.05, 4.69) is 22.2 Å². The maximum atomic E-state index is 13.8. The lowest BCUT2D eigenvalue weighted by molar-refractivity contribution is -0.119. The average molecular weight is 514 g/mol. The van der Waals surface area contributed by atoms with Gasteiger partial charge in [-0.3, -0.25) is 19.5 Å². The number of carbonyl (C=O) groups is 2. The van der Waals surface area contributed by atoms with E-state index >= 15 is 0 Å². The Hall–Kier alpha value is -3.88. The Morgan fingerprint density at radius 3 is 2.55 bits per heavy atom. The molecule has 1 N–H and O–H groups in total. The second kappa shape index (κ2) is 11.2. The van der Waals surface area contributed by atoms with Gasteiger partial charge in [0.25, 0.3) is 0 Å². The fourth-order valence-corrected chi connectivity index (χ4v) is 5.00. The van der Waals surface area contributed by atoms with Gasteiger partial charge in [0, 0.05) is 31.5 Å². The van der Waals surface area contributed by atoms with Crippen LogP contribution in [0.2, 0.25) is 0 Å². The standard InChI is InChI=1S/C30H32FN5O2/c1-34-15-6-16-36(18-17-34)20-27(37)35(2)24-12-10-23(11-13-24)32-29(21-7-4-3-5-8-21)28-25-14-9-22(31)19-26(25)33-30(28)38/h3-5,7-14,19,28H,6,15-18,20H2,1-2H3,(H,33,38). The van der Waals surface area contributed by atoms with Crippen LogP contribution in [-0.4, -0.2) is 74.1 Å². The van der Waals surface area contributed by atoms with Gasteiger partial charge in [-0.05, 0) is 74.1 Å². The van der Waals surface area contributed by atoms with Gasteiger partial charge in [-0.2, -0.15) is 0 Å². The topological polar surface area (TPSA) is 68.2 Å². The summed E-state index contributed by atoms with van der Waals surface area (Å²) in [4.78, 5) is 37.0. The van der Waals surface area contributed by atoms with Crippen LogP contribution >= 0.6 is 0 Å². The maximum absolute atomic E-state index is 13.8. The van der Waals surface area contributed by atoms with Gasteiger partial charge in [0.15, 0.2) is 0 Å². The van der Waals surface area contributed by atoms with Gasteiger partial charge < -0.3 is 15.1 Å². The molecule has 0 saturated carbocycles. The van der Waals surface area contributed by atoms with Crippen molar-refractivity contribution in [3.63, 3.8) is 0 Å². The van der Waals surface area contributed by atoms with Crippen molar-refractivity contribution in [2.45, 2.75) is 12.3 Å². The molecule has 7 nitrogen and oxygen atoms in total. The highest BCUT2D eigenvalue weighted by Crippen LogP contribution is 2.36. The lowest BCUT2D eigenvalue weighted by Crippen LogP contribution is -2.40. The van der Waals surface area contributed by atoms with E-state index in [4.69, 9.17) is 4.99 Å². The number of carbonyl (C=O) groups excluding carboxylic acids is 2. The molecule has 1 fully saturated rings. The SMILES string of the molecule is CN1CCCN(CC(=O)N(C)c2ccc(N=C(c3ccccc3)C3C(=O)Nc4cc(F)ccc43)cc2)CC1. The highest BCUT2D eigenvalue weighted by Gasteiger charge is 2.35. The number of hydrogen-bond acceptors (Lipinski definition) is 5. The van der Waals surface area contributed by atoms with Crippen LogP contribution in [0, 0.1) is 5.82 Å². The van der Waals surface area contributed by atoms with E-state index < -0.39 is 11.7 Å². The van der Waals surface area contributed by atoms with E-state index in [0.29, 0.717) is 29.2 Å². The van der Waals surface area contributed by atoms with E-state index in [1.54, 1.807) is 18.0 Å². The number of fused-ring (bicyclic) bond motifs is 1. The molecule has 5 rings (SSSR count). The molecule has 2 aliphatic rings. The second-order valence-electron chi connectivity index (χ2n) is 9.92. The molecule has 3 aromatic carbocycles. The van der Waals surface area contributed by atoms with Crippen LogP contribution in [0.5, 0.6) is 0 Å². The third kappa shape index (κ3) is 5.66. The first-order valence-corrected chi connectivity index (χ1v) is 12.9. The summed E-state index contributed by atoms with van der Waals surface area (Å²) in [5, 5.41) is 2.79. The van der Waals surface area contributed by atoms with Gasteiger partial charge in [-0.1, -0.05) is 36.4 Å². The molecule has 1 atom stereocenters. The third-order valence-electron chi connectivity index (χ3n) is 7.22. The number of nitrogens with one attached hydrogen (secondary N) is 1. The van der Waals surface area contributed by atoms with E-state index in [1.807, 2.05) is 54.6 Å². The smallest absolute Gasteiger partial charge is 0.240 e. The quantitative estimate of drug-likeness (QED) is 0.500. The number of nitrogens with zero attached hydrogens (tertiary/aromatic N) is 4. The second-order valence-corrected chi connectivity index (χ2v) is 9.92. The first-order valence-electron chi connectivity index (χ1n) is 12.9. The summed E-state index contributed by atoms with van der Waals surface area (Å²) in [7, 11) is 3.90. The Morgan fingerprint density at radius 1 is 1.03 bits per heavy atom. The summed E-state index contributed by atoms with van der Waals surface area (Å²) in [6, 6.07) is 21.3. The zero-order valence-electron chi connectivity index (χ0n) is 21.7. The van der Waals surface area contributed by atoms with E-state index in [1.165, 1.54) is 12.1 Å². The van der Waals surface area contributed by atoms with Crippen molar-refractivity contribution in [1.82, 2.24) is 9.80 Å². The fourth-order valence-electron chi connectivity index (χ4n) is 5.00. The van der Waals surface area contributed by atoms with Gasteiger partial charge in [0.2, 0.25) is 11.8 Å². The molecule has 196 valence electrons. The summed E-state index contributed by atoms with van der Waals surface area (Å²) in [6.07, 6.45) is 1.06. The van der Waals surface area contributed by atoms with Gasteiger partial charge >= 0.3 is 0 Å². The first kappa shape index (κ1) is 25.8. The molecule has 3 aromatic rings. The molecule has 0 radical (unpaired) electrons. The minimum atomic E-state index is -0.662. The number of anilines is 2. The van der Waals surface area contributed by atoms with Crippen molar-refractivity contribution in [3.05, 3.63) is 89.7 Å². The number of rotatable bonds is 6. The molecule has 38 heavy (non-hydrogen) atoms. The fraction of sp³-hybridized carbons (Fsp3) is 0.300. The molecule has 2 aliphatic heterocycles. The number of hydrogen-bond donors (Lipinski definition) is 1. The minimum absolute atomic E-state index is 0.0437. The summed E-state index contributed by atoms with van der Waals surface area (Å²) >= 11 is 0. The minimum Gasteiger partial charge on any atom is -0.325 e. The van der Waals surface area contributed by atoms with Crippen LogP contribution in [0.25, 0.3) is 0 Å². The maximum Gasteiger partial charge on any atom is 0.240 e. The Bertz CT molecular complexity index is 1340. The predicted molar refractivity (Wildman–Crippen MR) is 149 cm³/mol. The molecular weight excluding hydrogens is 481 g/mol. The number of aliphatic imine (C=N–C) groups is 1. The van der Waals surface area contributed by atoms with E-state index in [0.717, 1.165) is 43.9 Å². The molecule has 0 bridgehead atoms. The van der Waals surface area contributed by atoms with E-state index in [9.17, 15) is 14.0 Å². The van der Waals surface area contributed by atoms with E-state index in [-0.39, 0.29) is 11.8 Å². The molecular formula is C30H32FN5O2. The lowest BCUT2D eigenvalue weighted by atomic mass is 9.90. The van der Waals surface area contributed by atoms with Crippen LogP contribution in [-0.2, 0) is 9.59 Å². The van der Waals surface area contributed by atoms with Crippen molar-refractivity contribution in [3.8, 4) is 0 Å². The Balaban J connectivity index is 1.38. The molecule has 0 spiro atoms. The molecule has 2 heterocycles. The highest BCUT2D eigenvalue weighted by atomic mass is 19.1. The zero-order chi connectivity index (χ0) is 26.6. The molecule has 2 amide bonds. The summed E-state index contributed by atoms with van der Waals surface area (Å²) < 4.78 is 13.8. The van der Waals surface area contributed by atoms with Gasteiger partial charge in [0.1, 0.15) is 11.7 Å². The van der Waals surface area contributed by atoms with Crippen molar-refractivity contribution in [1.29, 1.82) is 0 Å². The number of halogens is 1. The van der Waals surface area contributed by atoms with Crippen molar-refractivity contribution in [2.75, 3.05) is 57.0 Å². The van der Waals surface area contributed by atoms with Crippen LogP contribution in [0.4, 0.5) is 21.5 Å². The van der Waals surface area contributed by atoms with Gasteiger partial charge in [-0.25, -0.2) is 4.39 Å². The predicted octanol–water partition coefficient (Wildman–Crippen LogP) is 4.28. The summed E-state index contributed by atoms with van der Waals surface area (Å²) in [6.45, 7) is 4.21. The average Bonchev–Trinajstić information content (AvgIpc) is 3.10. The number of likely N-dealkylation sites (N-methyl/N-ethyl adjacent to an activating group) is 2. The van der Waals surface area contributed by atoms with Gasteiger partial charge in [-0.15, -0.1) is 0 Å². The molecule has 1 saturated heterocycles. The normalized spacial score (nSPS) is 18.6. The zero-order valence-corrected chi connectivity index (χ0v) is 21.7. The van der Waals surface area contributed by atoms with Crippen molar-refractivity contribution < 1.29 is 14.0 Å². The van der Waals surface area contributed by atoms with Crippen LogP contribution in [0.15, 0.2) is 77.8 Å². The largest absolute Gasteiger partial charge is 0.325 e. The highest BCUT2D eigenvalue weighted by molar-refractivity contribution is 6.24. The number of benzene rings is 3. The summed E-state index contributed by atoms with van der Waals surface area (Å²) in [5.74, 6) is -1.26. The monoisotopic (exact) mass is 513 g/mol. The van der Waals surface area contributed by atoms with Crippen LogP contribution in [0.1, 0.15) is 23.5 Å². The molecule has 0 aromatic heterocycles. The van der Waals surface area contributed by atoms with Crippen molar-refractivity contribution >= 4 is 34.6 Å². The Labute approximate surface area is 222 Å². The lowest BCUT2D eigenvalue weighted by Gasteiger charge is -2.24. The van der Waals surface area contributed by atoms with Crippen LogP contribution < -0.4 is 10.2 Å². The summed E-state index contributed by atoms with van der Waals surface area (Å²) in [5.41, 5.74) is 3.99. The molecule has 0 aliphatic carbocycles. The van der Waals surface area contributed by atoms with Crippen molar-refractivity contribution in [2.24, 2.45) is 4.99 Å². The Kier molecular flexibility index (Phi) is 7.62.